The van der Waals surface area contributed by atoms with Gasteiger partial charge in [-0.1, -0.05) is 12.1 Å². The molecule has 1 amide bonds. The van der Waals surface area contributed by atoms with Gasteiger partial charge < -0.3 is 15.8 Å². The van der Waals surface area contributed by atoms with Crippen LogP contribution in [0.25, 0.3) is 0 Å². The van der Waals surface area contributed by atoms with E-state index < -0.39 is 11.7 Å². The van der Waals surface area contributed by atoms with E-state index in [0.29, 0.717) is 12.1 Å². The molecule has 0 bridgehead atoms. The molecule has 1 saturated carbocycles. The summed E-state index contributed by atoms with van der Waals surface area (Å²) in [5.74, 6) is 0. The van der Waals surface area contributed by atoms with E-state index in [9.17, 15) is 4.79 Å². The van der Waals surface area contributed by atoms with Crippen LogP contribution in [0.3, 0.4) is 0 Å². The largest absolute Gasteiger partial charge is 0.444 e. The van der Waals surface area contributed by atoms with E-state index in [4.69, 9.17) is 10.5 Å². The Labute approximate surface area is 132 Å². The number of ether oxygens (including phenoxy) is 1. The average Bonchev–Trinajstić information content (AvgIpc) is 2.41. The van der Waals surface area contributed by atoms with Crippen LogP contribution in [0.15, 0.2) is 24.3 Å². The summed E-state index contributed by atoms with van der Waals surface area (Å²) >= 11 is 0. The molecule has 122 valence electrons. The molecular weight excluding hydrogens is 278 g/mol. The van der Waals surface area contributed by atoms with Gasteiger partial charge in [-0.2, -0.15) is 0 Å². The van der Waals surface area contributed by atoms with Crippen LogP contribution in [-0.4, -0.2) is 23.8 Å². The first-order valence-corrected chi connectivity index (χ1v) is 7.94. The molecule has 0 atom stereocenters. The third-order valence-electron chi connectivity index (χ3n) is 3.69. The monoisotopic (exact) mass is 305 g/mol. The molecule has 5 heteroatoms. The van der Waals surface area contributed by atoms with Gasteiger partial charge in [0.25, 0.3) is 0 Å². The Morgan fingerprint density at radius 2 is 1.73 bits per heavy atom. The predicted molar refractivity (Wildman–Crippen MR) is 90.2 cm³/mol. The van der Waals surface area contributed by atoms with Crippen LogP contribution in [0.5, 0.6) is 0 Å². The van der Waals surface area contributed by atoms with Crippen LogP contribution < -0.4 is 16.4 Å². The molecule has 1 aliphatic rings. The highest BCUT2D eigenvalue weighted by Crippen LogP contribution is 2.26. The minimum Gasteiger partial charge on any atom is -0.444 e. The highest BCUT2D eigenvalue weighted by Gasteiger charge is 2.20. The maximum atomic E-state index is 11.9. The van der Waals surface area contributed by atoms with E-state index >= 15 is 0 Å². The Kier molecular flexibility index (Phi) is 5.29. The SMILES string of the molecule is CC(C)(C)OC(=O)Nc1ccccc1NC1CCC(N)CC1. The van der Waals surface area contributed by atoms with Crippen LogP contribution >= 0.6 is 0 Å². The van der Waals surface area contributed by atoms with Crippen molar-refractivity contribution in [3.8, 4) is 0 Å². The van der Waals surface area contributed by atoms with Crippen molar-refractivity contribution >= 4 is 17.5 Å². The molecule has 1 aliphatic carbocycles. The molecule has 4 N–H and O–H groups in total. The van der Waals surface area contributed by atoms with E-state index in [2.05, 4.69) is 10.6 Å². The van der Waals surface area contributed by atoms with Crippen LogP contribution in [0.2, 0.25) is 0 Å². The van der Waals surface area contributed by atoms with Gasteiger partial charge in [0.1, 0.15) is 5.60 Å². The zero-order valence-corrected chi connectivity index (χ0v) is 13.7. The van der Waals surface area contributed by atoms with Crippen molar-refractivity contribution in [2.24, 2.45) is 5.73 Å². The van der Waals surface area contributed by atoms with Gasteiger partial charge >= 0.3 is 6.09 Å². The summed E-state index contributed by atoms with van der Waals surface area (Å²) in [4.78, 5) is 11.9. The van der Waals surface area contributed by atoms with Crippen LogP contribution in [0.4, 0.5) is 16.2 Å². The lowest BCUT2D eigenvalue weighted by Crippen LogP contribution is -2.33. The van der Waals surface area contributed by atoms with Gasteiger partial charge in [0.05, 0.1) is 11.4 Å². The molecule has 0 heterocycles. The van der Waals surface area contributed by atoms with Crippen molar-refractivity contribution < 1.29 is 9.53 Å². The molecule has 0 aliphatic heterocycles. The fourth-order valence-corrected chi connectivity index (χ4v) is 2.61. The number of hydrogen-bond acceptors (Lipinski definition) is 4. The predicted octanol–water partition coefficient (Wildman–Crippen LogP) is 3.72. The average molecular weight is 305 g/mol. The summed E-state index contributed by atoms with van der Waals surface area (Å²) in [6.07, 6.45) is 3.76. The number of hydrogen-bond donors (Lipinski definition) is 3. The first-order valence-electron chi connectivity index (χ1n) is 7.94. The van der Waals surface area contributed by atoms with Crippen molar-refractivity contribution in [2.45, 2.75) is 64.1 Å². The summed E-state index contributed by atoms with van der Waals surface area (Å²) in [6, 6.07) is 8.43. The van der Waals surface area contributed by atoms with Gasteiger partial charge in [-0.05, 0) is 58.6 Å². The number of amides is 1. The minimum absolute atomic E-state index is 0.327. The van der Waals surface area contributed by atoms with Crippen LogP contribution in [0.1, 0.15) is 46.5 Å². The van der Waals surface area contributed by atoms with Gasteiger partial charge in [0, 0.05) is 12.1 Å². The number of carbonyl (C=O) groups is 1. The topological polar surface area (TPSA) is 76.4 Å². The van der Waals surface area contributed by atoms with Gasteiger partial charge in [0.15, 0.2) is 0 Å². The van der Waals surface area contributed by atoms with E-state index in [1.807, 2.05) is 45.0 Å². The van der Waals surface area contributed by atoms with Gasteiger partial charge in [-0.3, -0.25) is 5.32 Å². The minimum atomic E-state index is -0.508. The lowest BCUT2D eigenvalue weighted by molar-refractivity contribution is 0.0636. The first kappa shape index (κ1) is 16.6. The molecule has 0 saturated heterocycles. The number of rotatable bonds is 3. The Morgan fingerprint density at radius 1 is 1.14 bits per heavy atom. The Hall–Kier alpha value is -1.75. The van der Waals surface area contributed by atoms with Crippen molar-refractivity contribution in [3.05, 3.63) is 24.3 Å². The molecule has 5 nitrogen and oxygen atoms in total. The van der Waals surface area contributed by atoms with E-state index in [1.165, 1.54) is 0 Å². The third-order valence-corrected chi connectivity index (χ3v) is 3.69. The number of benzene rings is 1. The zero-order chi connectivity index (χ0) is 16.2. The molecule has 0 aromatic heterocycles. The summed E-state index contributed by atoms with van der Waals surface area (Å²) in [7, 11) is 0. The molecule has 1 aromatic rings. The normalized spacial score (nSPS) is 22.0. The van der Waals surface area contributed by atoms with Crippen molar-refractivity contribution in [1.29, 1.82) is 0 Å². The van der Waals surface area contributed by atoms with Gasteiger partial charge in [0.2, 0.25) is 0 Å². The second-order valence-corrected chi connectivity index (χ2v) is 6.93. The van der Waals surface area contributed by atoms with Gasteiger partial charge in [-0.25, -0.2) is 4.79 Å². The number of para-hydroxylation sites is 2. The second kappa shape index (κ2) is 7.01. The number of carbonyl (C=O) groups excluding carboxylic acids is 1. The van der Waals surface area contributed by atoms with Crippen molar-refractivity contribution in [1.82, 2.24) is 0 Å². The molecule has 0 unspecified atom stereocenters. The fraction of sp³-hybridized carbons (Fsp3) is 0.588. The first-order chi connectivity index (χ1) is 10.3. The highest BCUT2D eigenvalue weighted by atomic mass is 16.6. The third kappa shape index (κ3) is 5.22. The van der Waals surface area contributed by atoms with Crippen molar-refractivity contribution in [2.75, 3.05) is 10.6 Å². The maximum Gasteiger partial charge on any atom is 0.412 e. The van der Waals surface area contributed by atoms with Gasteiger partial charge in [-0.15, -0.1) is 0 Å². The molecular formula is C17H27N3O2. The molecule has 22 heavy (non-hydrogen) atoms. The standard InChI is InChI=1S/C17H27N3O2/c1-17(2,3)22-16(21)20-15-7-5-4-6-14(15)19-13-10-8-12(18)9-11-13/h4-7,12-13,19H,8-11,18H2,1-3H3,(H,20,21). The Morgan fingerprint density at radius 3 is 2.32 bits per heavy atom. The Bertz CT molecular complexity index is 503. The molecule has 1 aromatic carbocycles. The second-order valence-electron chi connectivity index (χ2n) is 6.93. The maximum absolute atomic E-state index is 11.9. The highest BCUT2D eigenvalue weighted by molar-refractivity contribution is 5.89. The lowest BCUT2D eigenvalue weighted by Gasteiger charge is -2.28. The van der Waals surface area contributed by atoms with E-state index in [-0.39, 0.29) is 0 Å². The summed E-state index contributed by atoms with van der Waals surface area (Å²) in [5.41, 5.74) is 7.10. The number of anilines is 2. The molecule has 0 radical (unpaired) electrons. The molecule has 2 rings (SSSR count). The molecule has 1 fully saturated rings. The summed E-state index contributed by atoms with van der Waals surface area (Å²) < 4.78 is 5.31. The smallest absolute Gasteiger partial charge is 0.412 e. The van der Waals surface area contributed by atoms with E-state index in [0.717, 1.165) is 37.1 Å². The number of nitrogens with two attached hydrogens (primary N) is 1. The lowest BCUT2D eigenvalue weighted by atomic mass is 9.91. The fourth-order valence-electron chi connectivity index (χ4n) is 2.61. The number of nitrogens with one attached hydrogen (secondary N) is 2. The summed E-state index contributed by atoms with van der Waals surface area (Å²) in [5, 5.41) is 6.33. The molecule has 0 spiro atoms. The van der Waals surface area contributed by atoms with Crippen molar-refractivity contribution in [3.63, 3.8) is 0 Å². The summed E-state index contributed by atoms with van der Waals surface area (Å²) in [6.45, 7) is 5.55. The van der Waals surface area contributed by atoms with Crippen LogP contribution in [0, 0.1) is 0 Å². The quantitative estimate of drug-likeness (QED) is 0.795. The van der Waals surface area contributed by atoms with E-state index in [1.54, 1.807) is 0 Å². The van der Waals surface area contributed by atoms with Crippen LogP contribution in [-0.2, 0) is 4.74 Å². The zero-order valence-electron chi connectivity index (χ0n) is 13.7. The Balaban J connectivity index is 1.99.